The van der Waals surface area contributed by atoms with E-state index in [0.29, 0.717) is 30.4 Å². The summed E-state index contributed by atoms with van der Waals surface area (Å²) in [5.41, 5.74) is 0.857. The van der Waals surface area contributed by atoms with Gasteiger partial charge in [0.2, 0.25) is 5.91 Å². The van der Waals surface area contributed by atoms with E-state index in [1.165, 1.54) is 6.08 Å². The predicted molar refractivity (Wildman–Crippen MR) is 91.8 cm³/mol. The van der Waals surface area contributed by atoms with Crippen LogP contribution >= 0.6 is 11.6 Å². The maximum absolute atomic E-state index is 12.1. The standard InChI is InChI=1S/C18H17ClN2O3/c1-2-17(22)21-10-12(11-21)9-20-18(23)16-8-7-15(24-16)13-3-5-14(19)6-4-13/h2-8,12H,1,9-11H2,(H,20,23). The first-order valence-electron chi connectivity index (χ1n) is 7.62. The number of hydrogen-bond donors (Lipinski definition) is 1. The molecular weight excluding hydrogens is 328 g/mol. The van der Waals surface area contributed by atoms with Crippen LogP contribution in [0.4, 0.5) is 0 Å². The number of likely N-dealkylation sites (tertiary alicyclic amines) is 1. The zero-order valence-electron chi connectivity index (χ0n) is 13.0. The van der Waals surface area contributed by atoms with Crippen LogP contribution in [0.5, 0.6) is 0 Å². The highest BCUT2D eigenvalue weighted by Gasteiger charge is 2.29. The highest BCUT2D eigenvalue weighted by atomic mass is 35.5. The van der Waals surface area contributed by atoms with Crippen molar-refractivity contribution in [3.8, 4) is 11.3 Å². The van der Waals surface area contributed by atoms with Crippen LogP contribution < -0.4 is 5.32 Å². The van der Waals surface area contributed by atoms with Gasteiger partial charge in [0.15, 0.2) is 5.76 Å². The molecule has 2 heterocycles. The van der Waals surface area contributed by atoms with E-state index in [-0.39, 0.29) is 23.5 Å². The topological polar surface area (TPSA) is 62.6 Å². The van der Waals surface area contributed by atoms with Crippen molar-refractivity contribution in [3.63, 3.8) is 0 Å². The summed E-state index contributed by atoms with van der Waals surface area (Å²) in [5.74, 6) is 0.810. The third kappa shape index (κ3) is 3.51. The number of hydrogen-bond acceptors (Lipinski definition) is 3. The van der Waals surface area contributed by atoms with Crippen LogP contribution in [0.2, 0.25) is 5.02 Å². The Morgan fingerprint density at radius 2 is 1.96 bits per heavy atom. The van der Waals surface area contributed by atoms with Gasteiger partial charge in [0.25, 0.3) is 5.91 Å². The number of halogens is 1. The Hall–Kier alpha value is -2.53. The summed E-state index contributed by atoms with van der Waals surface area (Å²) in [7, 11) is 0. The Labute approximate surface area is 144 Å². The van der Waals surface area contributed by atoms with Crippen molar-refractivity contribution in [3.05, 3.63) is 59.8 Å². The summed E-state index contributed by atoms with van der Waals surface area (Å²) in [5, 5.41) is 3.48. The molecule has 0 unspecified atom stereocenters. The average Bonchev–Trinajstić information content (AvgIpc) is 3.03. The molecule has 0 saturated carbocycles. The van der Waals surface area contributed by atoms with Gasteiger partial charge in [-0.1, -0.05) is 18.2 Å². The molecule has 124 valence electrons. The lowest BCUT2D eigenvalue weighted by Gasteiger charge is -2.38. The Morgan fingerprint density at radius 1 is 1.25 bits per heavy atom. The molecule has 1 aromatic carbocycles. The summed E-state index contributed by atoms with van der Waals surface area (Å²) in [6, 6.07) is 10.6. The van der Waals surface area contributed by atoms with Crippen molar-refractivity contribution in [1.29, 1.82) is 0 Å². The zero-order chi connectivity index (χ0) is 17.1. The molecule has 0 atom stereocenters. The molecular formula is C18H17ClN2O3. The molecule has 1 saturated heterocycles. The number of amides is 2. The number of rotatable bonds is 5. The van der Waals surface area contributed by atoms with Gasteiger partial charge in [-0.15, -0.1) is 0 Å². The van der Waals surface area contributed by atoms with Crippen LogP contribution in [0, 0.1) is 5.92 Å². The van der Waals surface area contributed by atoms with Crippen molar-refractivity contribution >= 4 is 23.4 Å². The fourth-order valence-electron chi connectivity index (χ4n) is 2.56. The van der Waals surface area contributed by atoms with E-state index in [4.69, 9.17) is 16.0 Å². The van der Waals surface area contributed by atoms with Crippen molar-refractivity contribution in [1.82, 2.24) is 10.2 Å². The SMILES string of the molecule is C=CC(=O)N1CC(CNC(=O)c2ccc(-c3ccc(Cl)cc3)o2)C1. The number of carbonyl (C=O) groups excluding carboxylic acids is 2. The van der Waals surface area contributed by atoms with E-state index in [1.54, 1.807) is 29.2 Å². The second kappa shape index (κ2) is 6.93. The fraction of sp³-hybridized carbons (Fsp3) is 0.222. The summed E-state index contributed by atoms with van der Waals surface area (Å²) in [6.07, 6.45) is 1.30. The Kier molecular flexibility index (Phi) is 4.71. The Balaban J connectivity index is 1.52. The molecule has 0 aliphatic carbocycles. The molecule has 1 N–H and O–H groups in total. The van der Waals surface area contributed by atoms with Crippen LogP contribution in [-0.4, -0.2) is 36.3 Å². The highest BCUT2D eigenvalue weighted by Crippen LogP contribution is 2.24. The normalized spacial score (nSPS) is 14.1. The van der Waals surface area contributed by atoms with Gasteiger partial charge < -0.3 is 14.6 Å². The molecule has 0 bridgehead atoms. The van der Waals surface area contributed by atoms with E-state index in [2.05, 4.69) is 11.9 Å². The molecule has 6 heteroatoms. The molecule has 1 fully saturated rings. The van der Waals surface area contributed by atoms with Crippen LogP contribution in [0.1, 0.15) is 10.6 Å². The number of benzene rings is 1. The second-order valence-electron chi connectivity index (χ2n) is 5.69. The smallest absolute Gasteiger partial charge is 0.287 e. The van der Waals surface area contributed by atoms with Gasteiger partial charge in [-0.2, -0.15) is 0 Å². The van der Waals surface area contributed by atoms with Gasteiger partial charge in [-0.05, 0) is 42.5 Å². The molecule has 1 aromatic heterocycles. The van der Waals surface area contributed by atoms with E-state index in [0.717, 1.165) is 5.56 Å². The number of nitrogens with zero attached hydrogens (tertiary/aromatic N) is 1. The lowest BCUT2D eigenvalue weighted by Crippen LogP contribution is -2.53. The zero-order valence-corrected chi connectivity index (χ0v) is 13.8. The maximum Gasteiger partial charge on any atom is 0.287 e. The van der Waals surface area contributed by atoms with Gasteiger partial charge in [-0.25, -0.2) is 0 Å². The minimum Gasteiger partial charge on any atom is -0.451 e. The summed E-state index contributed by atoms with van der Waals surface area (Å²) >= 11 is 5.86. The van der Waals surface area contributed by atoms with Crippen LogP contribution in [-0.2, 0) is 4.79 Å². The number of nitrogens with one attached hydrogen (secondary N) is 1. The summed E-state index contributed by atoms with van der Waals surface area (Å²) in [4.78, 5) is 25.2. The van der Waals surface area contributed by atoms with Gasteiger partial charge >= 0.3 is 0 Å². The quantitative estimate of drug-likeness (QED) is 0.848. The second-order valence-corrected chi connectivity index (χ2v) is 6.13. The summed E-state index contributed by atoms with van der Waals surface area (Å²) < 4.78 is 5.60. The van der Waals surface area contributed by atoms with Gasteiger partial charge in [-0.3, -0.25) is 9.59 Å². The van der Waals surface area contributed by atoms with Crippen molar-refractivity contribution < 1.29 is 14.0 Å². The molecule has 0 radical (unpaired) electrons. The first kappa shape index (κ1) is 16.3. The predicted octanol–water partition coefficient (Wildman–Crippen LogP) is 2.97. The molecule has 2 aromatic rings. The van der Waals surface area contributed by atoms with Crippen LogP contribution in [0.25, 0.3) is 11.3 Å². The lowest BCUT2D eigenvalue weighted by atomic mass is 10.00. The van der Waals surface area contributed by atoms with Crippen molar-refractivity contribution in [2.45, 2.75) is 0 Å². The van der Waals surface area contributed by atoms with E-state index >= 15 is 0 Å². The monoisotopic (exact) mass is 344 g/mol. The average molecular weight is 345 g/mol. The molecule has 1 aliphatic heterocycles. The molecule has 1 aliphatic rings. The van der Waals surface area contributed by atoms with Crippen molar-refractivity contribution in [2.24, 2.45) is 5.92 Å². The Bertz CT molecular complexity index is 761. The maximum atomic E-state index is 12.1. The van der Waals surface area contributed by atoms with Gasteiger partial charge in [0.1, 0.15) is 5.76 Å². The molecule has 5 nitrogen and oxygen atoms in total. The van der Waals surface area contributed by atoms with Gasteiger partial charge in [0.05, 0.1) is 0 Å². The largest absolute Gasteiger partial charge is 0.451 e. The highest BCUT2D eigenvalue weighted by molar-refractivity contribution is 6.30. The minimum absolute atomic E-state index is 0.0729. The third-order valence-electron chi connectivity index (χ3n) is 3.95. The third-order valence-corrected chi connectivity index (χ3v) is 4.21. The first-order chi connectivity index (χ1) is 11.6. The molecule has 0 spiro atoms. The molecule has 3 rings (SSSR count). The molecule has 24 heavy (non-hydrogen) atoms. The molecule has 2 amide bonds. The van der Waals surface area contributed by atoms with Crippen LogP contribution in [0.15, 0.2) is 53.5 Å². The summed E-state index contributed by atoms with van der Waals surface area (Å²) in [6.45, 7) is 5.24. The lowest BCUT2D eigenvalue weighted by molar-refractivity contribution is -0.131. The first-order valence-corrected chi connectivity index (χ1v) is 8.00. The van der Waals surface area contributed by atoms with Gasteiger partial charge in [0, 0.05) is 36.1 Å². The number of furan rings is 1. The van der Waals surface area contributed by atoms with E-state index in [1.807, 2.05) is 12.1 Å². The van der Waals surface area contributed by atoms with E-state index in [9.17, 15) is 9.59 Å². The van der Waals surface area contributed by atoms with E-state index < -0.39 is 0 Å². The number of carbonyl (C=O) groups is 2. The minimum atomic E-state index is -0.260. The van der Waals surface area contributed by atoms with Crippen molar-refractivity contribution in [2.75, 3.05) is 19.6 Å². The van der Waals surface area contributed by atoms with Crippen LogP contribution in [0.3, 0.4) is 0 Å². The fourth-order valence-corrected chi connectivity index (χ4v) is 2.69. The Morgan fingerprint density at radius 3 is 2.62 bits per heavy atom.